The fourth-order valence-electron chi connectivity index (χ4n) is 7.80. The fraction of sp³-hybridized carbons (Fsp3) is 0. The molecular formula is C60H41N. The fourth-order valence-corrected chi connectivity index (χ4v) is 7.80. The molecule has 11 aromatic rings. The lowest BCUT2D eigenvalue weighted by Gasteiger charge is -2.26. The summed E-state index contributed by atoms with van der Waals surface area (Å²) in [6.45, 7) is 0. The maximum atomic E-state index is 9.65. The first-order chi connectivity index (χ1) is 36.5. The zero-order chi connectivity index (χ0) is 53.6. The monoisotopic (exact) mass is 790 g/mol. The molecule has 0 spiro atoms. The van der Waals surface area contributed by atoms with Crippen LogP contribution < -0.4 is 4.90 Å². The van der Waals surface area contributed by atoms with Gasteiger partial charge < -0.3 is 4.90 Å². The van der Waals surface area contributed by atoms with Crippen LogP contribution in [0.4, 0.5) is 17.1 Å². The smallest absolute Gasteiger partial charge is 0.0645 e. The Kier molecular flexibility index (Phi) is 6.04. The molecule has 0 unspecified atom stereocenters. The maximum absolute atomic E-state index is 9.65. The molecule has 0 bridgehead atoms. The minimum atomic E-state index is -0.791. The number of nitrogens with zero attached hydrogens (tertiary/aromatic N) is 1. The second-order valence-corrected chi connectivity index (χ2v) is 14.5. The predicted molar refractivity (Wildman–Crippen MR) is 261 cm³/mol. The SMILES string of the molecule is [2H]c1c([2H])c(N(c2ccc(-c3ccc4ccccc4c3-c3ccccc3)cc2)c2c([2H])c([2H])c(-c3c([2H])c([2H])c4c([2H])c([2H])c([2H])c([2H])c4c3[2H])c([2H])c2[2H])c([2H])c([2H])c1-c1ccc(-c2ccc3ccccc3c2)cc1. The summed E-state index contributed by atoms with van der Waals surface area (Å²) < 4.78 is 137. The Balaban J connectivity index is 1.11. The first-order valence-corrected chi connectivity index (χ1v) is 19.8. The van der Waals surface area contributed by atoms with Gasteiger partial charge in [-0.1, -0.05) is 200 Å². The van der Waals surface area contributed by atoms with Gasteiger partial charge in [-0.15, -0.1) is 0 Å². The highest BCUT2D eigenvalue weighted by Gasteiger charge is 2.16. The van der Waals surface area contributed by atoms with Crippen molar-refractivity contribution in [1.82, 2.24) is 0 Å². The Morgan fingerprint density at radius 1 is 0.295 bits per heavy atom. The summed E-state index contributed by atoms with van der Waals surface area (Å²) in [5.74, 6) is 0. The van der Waals surface area contributed by atoms with Crippen LogP contribution in [-0.4, -0.2) is 0 Å². The van der Waals surface area contributed by atoms with Crippen LogP contribution in [0.2, 0.25) is 0 Å². The molecule has 0 aliphatic heterocycles. The predicted octanol–water partition coefficient (Wildman–Crippen LogP) is 17.0. The van der Waals surface area contributed by atoms with Crippen molar-refractivity contribution in [3.63, 3.8) is 0 Å². The van der Waals surface area contributed by atoms with E-state index >= 15 is 0 Å². The first-order valence-electron chi connectivity index (χ1n) is 27.3. The van der Waals surface area contributed by atoms with E-state index in [2.05, 4.69) is 6.07 Å². The number of benzene rings is 11. The molecule has 0 aliphatic rings. The molecule has 0 fully saturated rings. The van der Waals surface area contributed by atoms with Crippen LogP contribution in [0.1, 0.15) is 20.6 Å². The van der Waals surface area contributed by atoms with Gasteiger partial charge in [-0.3, -0.25) is 0 Å². The normalized spacial score (nSPS) is 14.7. The van der Waals surface area contributed by atoms with E-state index in [4.69, 9.17) is 8.22 Å². The van der Waals surface area contributed by atoms with Gasteiger partial charge in [-0.2, -0.15) is 0 Å². The number of fused-ring (bicyclic) bond motifs is 3. The largest absolute Gasteiger partial charge is 0.311 e. The van der Waals surface area contributed by atoms with E-state index in [9.17, 15) is 12.3 Å². The van der Waals surface area contributed by atoms with Crippen LogP contribution in [0, 0.1) is 0 Å². The Bertz CT molecular complexity index is 4160. The topological polar surface area (TPSA) is 3.24 Å². The summed E-state index contributed by atoms with van der Waals surface area (Å²) >= 11 is 0. The van der Waals surface area contributed by atoms with Gasteiger partial charge in [-0.25, -0.2) is 0 Å². The zero-order valence-corrected chi connectivity index (χ0v) is 32.5. The van der Waals surface area contributed by atoms with Crippen molar-refractivity contribution in [3.05, 3.63) is 248 Å². The Labute approximate surface area is 378 Å². The van der Waals surface area contributed by atoms with Gasteiger partial charge >= 0.3 is 0 Å². The molecule has 1 nitrogen and oxygen atoms in total. The minimum absolute atomic E-state index is 0.00909. The summed E-state index contributed by atoms with van der Waals surface area (Å²) in [5, 5.41) is 3.33. The van der Waals surface area contributed by atoms with E-state index in [1.54, 1.807) is 36.4 Å². The summed E-state index contributed by atoms with van der Waals surface area (Å²) in [5.41, 5.74) is 3.85. The van der Waals surface area contributed by atoms with E-state index in [-0.39, 0.29) is 16.9 Å². The van der Waals surface area contributed by atoms with Gasteiger partial charge in [0.2, 0.25) is 0 Å². The molecule has 0 radical (unpaired) electrons. The van der Waals surface area contributed by atoms with Gasteiger partial charge in [0.05, 0.1) is 20.6 Å². The van der Waals surface area contributed by atoms with Crippen LogP contribution in [0.15, 0.2) is 248 Å². The van der Waals surface area contributed by atoms with Crippen LogP contribution in [0.5, 0.6) is 0 Å². The molecule has 1 heteroatoms. The molecule has 11 aromatic carbocycles. The molecule has 0 heterocycles. The highest BCUT2D eigenvalue weighted by atomic mass is 15.1. The van der Waals surface area contributed by atoms with E-state index < -0.39 is 118 Å². The quantitative estimate of drug-likeness (QED) is 0.148. The standard InChI is InChI=1S/C60H41N/c1-2-13-50(14-3-1)60-58-17-9-8-12-48(58)32-39-59(60)49-30-37-57(38-31-49)61(56-35-28-47(29-36-56)54-25-23-43-11-5-7-16-52(43)41-54)55-33-26-45(27-34-55)44-18-20-46(21-19-44)53-24-22-42-10-4-6-15-51(42)40-53/h1-41H/i5D,7D,11D,16D,23D,25D,26D,27D,28D,29D,33D,34D,35D,36D,41D. The van der Waals surface area contributed by atoms with Crippen LogP contribution >= 0.6 is 0 Å². The first kappa shape index (κ1) is 23.6. The van der Waals surface area contributed by atoms with E-state index in [0.717, 1.165) is 59.8 Å². The van der Waals surface area contributed by atoms with E-state index in [1.807, 2.05) is 115 Å². The Morgan fingerprint density at radius 2 is 0.836 bits per heavy atom. The molecule has 0 saturated heterocycles. The third-order valence-electron chi connectivity index (χ3n) is 10.9. The highest BCUT2D eigenvalue weighted by Crippen LogP contribution is 2.41. The number of anilines is 3. The Morgan fingerprint density at radius 3 is 1.56 bits per heavy atom. The lowest BCUT2D eigenvalue weighted by Crippen LogP contribution is -2.09. The molecular weight excluding hydrogens is 735 g/mol. The lowest BCUT2D eigenvalue weighted by atomic mass is 9.90. The van der Waals surface area contributed by atoms with Gasteiger partial charge in [0, 0.05) is 17.1 Å². The molecule has 0 aliphatic carbocycles. The lowest BCUT2D eigenvalue weighted by molar-refractivity contribution is 1.28. The van der Waals surface area contributed by atoms with Crippen molar-refractivity contribution in [2.45, 2.75) is 0 Å². The van der Waals surface area contributed by atoms with Crippen LogP contribution in [0.3, 0.4) is 0 Å². The summed E-state index contributed by atoms with van der Waals surface area (Å²) in [7, 11) is 0. The second-order valence-electron chi connectivity index (χ2n) is 14.5. The zero-order valence-electron chi connectivity index (χ0n) is 47.5. The van der Waals surface area contributed by atoms with Crippen LogP contribution in [-0.2, 0) is 0 Å². The Hall–Kier alpha value is -8.00. The van der Waals surface area contributed by atoms with Gasteiger partial charge in [0.25, 0.3) is 0 Å². The number of rotatable bonds is 8. The maximum Gasteiger partial charge on any atom is 0.0645 e. The van der Waals surface area contributed by atoms with Crippen molar-refractivity contribution in [2.24, 2.45) is 0 Å². The van der Waals surface area contributed by atoms with Crippen molar-refractivity contribution in [3.8, 4) is 55.6 Å². The molecule has 0 N–H and O–H groups in total. The number of hydrogen-bond donors (Lipinski definition) is 0. The molecule has 0 saturated carbocycles. The second kappa shape index (κ2) is 15.6. The van der Waals surface area contributed by atoms with E-state index in [0.29, 0.717) is 5.56 Å². The van der Waals surface area contributed by atoms with E-state index in [1.165, 1.54) is 0 Å². The van der Waals surface area contributed by atoms with Crippen molar-refractivity contribution in [1.29, 1.82) is 0 Å². The molecule has 61 heavy (non-hydrogen) atoms. The molecule has 0 aromatic heterocycles. The average Bonchev–Trinajstić information content (AvgIpc) is 3.47. The average molecular weight is 791 g/mol. The number of hydrogen-bond acceptors (Lipinski definition) is 1. The van der Waals surface area contributed by atoms with Crippen molar-refractivity contribution >= 4 is 49.4 Å². The summed E-state index contributed by atoms with van der Waals surface area (Å²) in [4.78, 5) is 1.16. The minimum Gasteiger partial charge on any atom is -0.311 e. The summed E-state index contributed by atoms with van der Waals surface area (Å²) in [6.07, 6.45) is 0. The third-order valence-corrected chi connectivity index (χ3v) is 10.9. The van der Waals surface area contributed by atoms with Gasteiger partial charge in [0.1, 0.15) is 0 Å². The molecule has 0 atom stereocenters. The van der Waals surface area contributed by atoms with Crippen molar-refractivity contribution < 1.29 is 20.6 Å². The van der Waals surface area contributed by atoms with Crippen molar-refractivity contribution in [2.75, 3.05) is 4.90 Å². The third kappa shape index (κ3) is 7.03. The van der Waals surface area contributed by atoms with Gasteiger partial charge in [-0.05, 0) is 136 Å². The highest BCUT2D eigenvalue weighted by molar-refractivity contribution is 6.04. The molecule has 11 rings (SSSR count). The summed E-state index contributed by atoms with van der Waals surface area (Å²) in [6, 6.07) is 40.1. The molecule has 0 amide bonds. The van der Waals surface area contributed by atoms with Gasteiger partial charge in [0.15, 0.2) is 0 Å². The van der Waals surface area contributed by atoms with Crippen LogP contribution in [0.25, 0.3) is 88.0 Å². The molecule has 286 valence electrons.